The zero-order chi connectivity index (χ0) is 12.1. The number of nitrogens with zero attached hydrogens (tertiary/aromatic N) is 1. The van der Waals surface area contributed by atoms with Crippen molar-refractivity contribution in [3.05, 3.63) is 29.3 Å². The quantitative estimate of drug-likeness (QED) is 0.734. The number of amides is 1. The van der Waals surface area contributed by atoms with Crippen molar-refractivity contribution in [2.45, 2.75) is 20.4 Å². The molecule has 0 spiro atoms. The summed E-state index contributed by atoms with van der Waals surface area (Å²) < 4.78 is 0. The van der Waals surface area contributed by atoms with Crippen LogP contribution in [0.3, 0.4) is 0 Å². The molecule has 4 N–H and O–H groups in total. The Morgan fingerprint density at radius 1 is 1.31 bits per heavy atom. The maximum Gasteiger partial charge on any atom is 0.250 e. The first kappa shape index (κ1) is 12.5. The summed E-state index contributed by atoms with van der Waals surface area (Å²) in [6.45, 7) is 6.85. The molecule has 0 unspecified atom stereocenters. The Kier molecular flexibility index (Phi) is 4.31. The number of hydrogen-bond acceptors (Lipinski definition) is 3. The molecule has 0 aliphatic heterocycles. The fourth-order valence-electron chi connectivity index (χ4n) is 1.65. The van der Waals surface area contributed by atoms with Gasteiger partial charge in [-0.2, -0.15) is 0 Å². The largest absolute Gasteiger partial charge is 0.398 e. The van der Waals surface area contributed by atoms with Gasteiger partial charge in [0.15, 0.2) is 0 Å². The summed E-state index contributed by atoms with van der Waals surface area (Å²) >= 11 is 0. The number of nitrogen functional groups attached to an aromatic ring is 1. The number of anilines is 1. The zero-order valence-electron chi connectivity index (χ0n) is 9.86. The molecule has 16 heavy (non-hydrogen) atoms. The van der Waals surface area contributed by atoms with Crippen molar-refractivity contribution in [3.63, 3.8) is 0 Å². The van der Waals surface area contributed by atoms with Crippen LogP contribution in [-0.2, 0) is 6.54 Å². The van der Waals surface area contributed by atoms with Crippen LogP contribution < -0.4 is 11.5 Å². The second-order valence-electron chi connectivity index (χ2n) is 3.70. The van der Waals surface area contributed by atoms with E-state index in [1.165, 1.54) is 0 Å². The second-order valence-corrected chi connectivity index (χ2v) is 3.70. The standard InChI is InChI=1S/C12H19N3O/c1-3-15(4-2)8-9-6-5-7-10(11(9)13)12(14)16/h5-7H,3-4,8,13H2,1-2H3,(H2,14,16). The fraction of sp³-hybridized carbons (Fsp3) is 0.417. The summed E-state index contributed by atoms with van der Waals surface area (Å²) in [6, 6.07) is 5.40. The predicted molar refractivity (Wildman–Crippen MR) is 66.0 cm³/mol. The molecule has 0 radical (unpaired) electrons. The van der Waals surface area contributed by atoms with E-state index in [0.29, 0.717) is 11.3 Å². The summed E-state index contributed by atoms with van der Waals surface area (Å²) in [5.41, 5.74) is 13.0. The van der Waals surface area contributed by atoms with Gasteiger partial charge in [0.05, 0.1) is 5.56 Å². The lowest BCUT2D eigenvalue weighted by Crippen LogP contribution is -2.23. The second kappa shape index (κ2) is 5.51. The van der Waals surface area contributed by atoms with Gasteiger partial charge in [0.25, 0.3) is 5.91 Å². The van der Waals surface area contributed by atoms with Crippen molar-refractivity contribution in [1.29, 1.82) is 0 Å². The van der Waals surface area contributed by atoms with Gasteiger partial charge in [-0.25, -0.2) is 0 Å². The van der Waals surface area contributed by atoms with Crippen molar-refractivity contribution >= 4 is 11.6 Å². The molecule has 4 nitrogen and oxygen atoms in total. The third-order valence-electron chi connectivity index (χ3n) is 2.75. The Hall–Kier alpha value is -1.55. The van der Waals surface area contributed by atoms with E-state index in [1.54, 1.807) is 6.07 Å². The van der Waals surface area contributed by atoms with Gasteiger partial charge in [-0.1, -0.05) is 26.0 Å². The fourth-order valence-corrected chi connectivity index (χ4v) is 1.65. The van der Waals surface area contributed by atoms with Crippen LogP contribution in [0.25, 0.3) is 0 Å². The minimum Gasteiger partial charge on any atom is -0.398 e. The van der Waals surface area contributed by atoms with Gasteiger partial charge in [0.2, 0.25) is 0 Å². The number of benzene rings is 1. The lowest BCUT2D eigenvalue weighted by atomic mass is 10.1. The molecule has 0 fully saturated rings. The predicted octanol–water partition coefficient (Wildman–Crippen LogP) is 1.21. The van der Waals surface area contributed by atoms with E-state index in [4.69, 9.17) is 11.5 Å². The van der Waals surface area contributed by atoms with Crippen LogP contribution in [0, 0.1) is 0 Å². The van der Waals surface area contributed by atoms with Crippen LogP contribution in [0.5, 0.6) is 0 Å². The summed E-state index contributed by atoms with van der Waals surface area (Å²) in [6.07, 6.45) is 0. The van der Waals surface area contributed by atoms with Crippen LogP contribution >= 0.6 is 0 Å². The number of rotatable bonds is 5. The van der Waals surface area contributed by atoms with Crippen LogP contribution in [0.4, 0.5) is 5.69 Å². The normalized spacial score (nSPS) is 10.7. The Labute approximate surface area is 96.2 Å². The minimum atomic E-state index is -0.473. The maximum absolute atomic E-state index is 11.1. The van der Waals surface area contributed by atoms with Crippen LogP contribution in [0.1, 0.15) is 29.8 Å². The molecule has 0 saturated carbocycles. The lowest BCUT2D eigenvalue weighted by molar-refractivity contribution is 0.100. The van der Waals surface area contributed by atoms with E-state index in [0.717, 1.165) is 25.2 Å². The Morgan fingerprint density at radius 2 is 1.94 bits per heavy atom. The molecule has 1 aromatic rings. The molecule has 0 aliphatic rings. The third kappa shape index (κ3) is 2.73. The van der Waals surface area contributed by atoms with E-state index in [9.17, 15) is 4.79 Å². The van der Waals surface area contributed by atoms with Crippen LogP contribution in [-0.4, -0.2) is 23.9 Å². The molecule has 0 bridgehead atoms. The first-order chi connectivity index (χ1) is 7.60. The molecule has 1 aromatic carbocycles. The smallest absolute Gasteiger partial charge is 0.250 e. The summed E-state index contributed by atoms with van der Waals surface area (Å²) in [5.74, 6) is -0.473. The number of nitrogens with two attached hydrogens (primary N) is 2. The molecule has 88 valence electrons. The van der Waals surface area contributed by atoms with E-state index in [2.05, 4.69) is 18.7 Å². The molecule has 4 heteroatoms. The Bertz CT molecular complexity index is 373. The molecular formula is C12H19N3O. The Morgan fingerprint density at radius 3 is 2.44 bits per heavy atom. The van der Waals surface area contributed by atoms with Gasteiger partial charge in [-0.15, -0.1) is 0 Å². The molecular weight excluding hydrogens is 202 g/mol. The van der Waals surface area contributed by atoms with Gasteiger partial charge in [-0.3, -0.25) is 9.69 Å². The van der Waals surface area contributed by atoms with Gasteiger partial charge < -0.3 is 11.5 Å². The van der Waals surface area contributed by atoms with Crippen molar-refractivity contribution < 1.29 is 4.79 Å². The molecule has 0 aromatic heterocycles. The molecule has 1 rings (SSSR count). The monoisotopic (exact) mass is 221 g/mol. The third-order valence-corrected chi connectivity index (χ3v) is 2.75. The van der Waals surface area contributed by atoms with Gasteiger partial charge in [-0.05, 0) is 24.7 Å². The molecule has 0 atom stereocenters. The van der Waals surface area contributed by atoms with Gasteiger partial charge >= 0.3 is 0 Å². The highest BCUT2D eigenvalue weighted by Gasteiger charge is 2.10. The minimum absolute atomic E-state index is 0.407. The number of carbonyl (C=O) groups is 1. The van der Waals surface area contributed by atoms with E-state index in [-0.39, 0.29) is 0 Å². The van der Waals surface area contributed by atoms with Crippen molar-refractivity contribution in [2.75, 3.05) is 18.8 Å². The van der Waals surface area contributed by atoms with Crippen molar-refractivity contribution in [2.24, 2.45) is 5.73 Å². The first-order valence-corrected chi connectivity index (χ1v) is 5.49. The highest BCUT2D eigenvalue weighted by molar-refractivity contribution is 5.98. The zero-order valence-corrected chi connectivity index (χ0v) is 9.86. The number of para-hydroxylation sites is 1. The lowest BCUT2D eigenvalue weighted by Gasteiger charge is -2.19. The SMILES string of the molecule is CCN(CC)Cc1cccc(C(N)=O)c1N. The molecule has 0 heterocycles. The van der Waals surface area contributed by atoms with Crippen molar-refractivity contribution in [3.8, 4) is 0 Å². The molecule has 1 amide bonds. The van der Waals surface area contributed by atoms with Crippen LogP contribution in [0.2, 0.25) is 0 Å². The number of carbonyl (C=O) groups excluding carboxylic acids is 1. The first-order valence-electron chi connectivity index (χ1n) is 5.49. The van der Waals surface area contributed by atoms with Gasteiger partial charge in [0, 0.05) is 12.2 Å². The summed E-state index contributed by atoms with van der Waals surface area (Å²) in [7, 11) is 0. The topological polar surface area (TPSA) is 72.3 Å². The summed E-state index contributed by atoms with van der Waals surface area (Å²) in [4.78, 5) is 13.4. The number of hydrogen-bond donors (Lipinski definition) is 2. The molecule has 0 aliphatic carbocycles. The van der Waals surface area contributed by atoms with E-state index < -0.39 is 5.91 Å². The Balaban J connectivity index is 2.97. The number of primary amides is 1. The average molecular weight is 221 g/mol. The highest BCUT2D eigenvalue weighted by atomic mass is 16.1. The average Bonchev–Trinajstić information content (AvgIpc) is 2.27. The van der Waals surface area contributed by atoms with Crippen LogP contribution in [0.15, 0.2) is 18.2 Å². The summed E-state index contributed by atoms with van der Waals surface area (Å²) in [5, 5.41) is 0. The van der Waals surface area contributed by atoms with Crippen molar-refractivity contribution in [1.82, 2.24) is 4.90 Å². The molecule has 0 saturated heterocycles. The highest BCUT2D eigenvalue weighted by Crippen LogP contribution is 2.18. The maximum atomic E-state index is 11.1. The van der Waals surface area contributed by atoms with E-state index in [1.807, 2.05) is 12.1 Å². The van der Waals surface area contributed by atoms with E-state index >= 15 is 0 Å². The van der Waals surface area contributed by atoms with Gasteiger partial charge in [0.1, 0.15) is 0 Å².